The first-order valence-electron chi connectivity index (χ1n) is 3.98. The maximum absolute atomic E-state index is 10.8. The molecule has 70 valence electrons. The number of benzene rings is 1. The molecule has 0 aliphatic heterocycles. The Morgan fingerprint density at radius 1 is 1.29 bits per heavy atom. The van der Waals surface area contributed by atoms with E-state index in [1.54, 1.807) is 5.38 Å². The summed E-state index contributed by atoms with van der Waals surface area (Å²) in [6, 6.07) is 9.69. The van der Waals surface area contributed by atoms with Gasteiger partial charge in [0.25, 0.3) is 5.24 Å². The van der Waals surface area contributed by atoms with Gasteiger partial charge in [-0.15, -0.1) is 11.3 Å². The average Bonchev–Trinajstić information content (AvgIpc) is 2.68. The number of carbonyl (C=O) groups is 1. The van der Waals surface area contributed by atoms with Crippen LogP contribution in [0.1, 0.15) is 10.5 Å². The number of aromatic nitrogens is 1. The van der Waals surface area contributed by atoms with Crippen molar-refractivity contribution in [1.29, 1.82) is 0 Å². The van der Waals surface area contributed by atoms with Gasteiger partial charge >= 0.3 is 0 Å². The summed E-state index contributed by atoms with van der Waals surface area (Å²) in [6.45, 7) is 0. The molecule has 2 rings (SSSR count). The minimum absolute atomic E-state index is 0.315. The standard InChI is InChI=1S/C10H6ClNOS/c11-9(13)8-6-14-10(12-8)7-4-2-1-3-5-7/h1-6H. The van der Waals surface area contributed by atoms with Crippen molar-refractivity contribution in [2.75, 3.05) is 0 Å². The lowest BCUT2D eigenvalue weighted by Gasteiger charge is -1.92. The van der Waals surface area contributed by atoms with Crippen LogP contribution in [0, 0.1) is 0 Å². The molecule has 0 aliphatic carbocycles. The summed E-state index contributed by atoms with van der Waals surface area (Å²) in [4.78, 5) is 14.9. The van der Waals surface area contributed by atoms with E-state index in [0.717, 1.165) is 10.6 Å². The summed E-state index contributed by atoms with van der Waals surface area (Å²) in [5.41, 5.74) is 1.32. The third-order valence-corrected chi connectivity index (χ3v) is 2.81. The second kappa shape index (κ2) is 3.90. The van der Waals surface area contributed by atoms with Gasteiger partial charge in [-0.2, -0.15) is 0 Å². The van der Waals surface area contributed by atoms with Crippen LogP contribution in [-0.4, -0.2) is 10.2 Å². The van der Waals surface area contributed by atoms with E-state index in [9.17, 15) is 4.79 Å². The van der Waals surface area contributed by atoms with E-state index in [1.165, 1.54) is 11.3 Å². The Bertz CT molecular complexity index is 452. The molecule has 0 aliphatic rings. The molecular weight excluding hydrogens is 218 g/mol. The molecular formula is C10H6ClNOS. The highest BCUT2D eigenvalue weighted by atomic mass is 35.5. The number of hydrogen-bond donors (Lipinski definition) is 0. The average molecular weight is 224 g/mol. The quantitative estimate of drug-likeness (QED) is 0.732. The van der Waals surface area contributed by atoms with Crippen LogP contribution >= 0.6 is 22.9 Å². The molecule has 0 unspecified atom stereocenters. The number of rotatable bonds is 2. The lowest BCUT2D eigenvalue weighted by molar-refractivity contribution is 0.107. The van der Waals surface area contributed by atoms with Gasteiger partial charge in [-0.05, 0) is 11.6 Å². The maximum Gasteiger partial charge on any atom is 0.271 e. The number of nitrogens with zero attached hydrogens (tertiary/aromatic N) is 1. The van der Waals surface area contributed by atoms with Crippen LogP contribution in [-0.2, 0) is 0 Å². The molecule has 2 nitrogen and oxygen atoms in total. The largest absolute Gasteiger partial charge is 0.274 e. The number of carbonyl (C=O) groups excluding carboxylic acids is 1. The summed E-state index contributed by atoms with van der Waals surface area (Å²) < 4.78 is 0. The first-order chi connectivity index (χ1) is 6.77. The van der Waals surface area contributed by atoms with Gasteiger partial charge in [0.15, 0.2) is 0 Å². The zero-order valence-corrected chi connectivity index (χ0v) is 8.68. The van der Waals surface area contributed by atoms with Crippen LogP contribution in [0.4, 0.5) is 0 Å². The third kappa shape index (κ3) is 1.84. The fourth-order valence-corrected chi connectivity index (χ4v) is 2.05. The molecule has 4 heteroatoms. The minimum atomic E-state index is -0.511. The first kappa shape index (κ1) is 9.37. The fraction of sp³-hybridized carbons (Fsp3) is 0. The van der Waals surface area contributed by atoms with Crippen molar-refractivity contribution in [3.63, 3.8) is 0 Å². The number of halogens is 1. The Kier molecular flexibility index (Phi) is 2.61. The summed E-state index contributed by atoms with van der Waals surface area (Å²) in [6.07, 6.45) is 0. The van der Waals surface area contributed by atoms with Crippen LogP contribution in [0.3, 0.4) is 0 Å². The molecule has 0 saturated heterocycles. The van der Waals surface area contributed by atoms with Gasteiger partial charge in [0.05, 0.1) is 0 Å². The Hall–Kier alpha value is -1.19. The molecule has 0 amide bonds. The monoisotopic (exact) mass is 223 g/mol. The predicted molar refractivity (Wildman–Crippen MR) is 57.7 cm³/mol. The number of thiazole rings is 1. The molecule has 14 heavy (non-hydrogen) atoms. The van der Waals surface area contributed by atoms with Crippen molar-refractivity contribution in [3.05, 3.63) is 41.4 Å². The molecule has 2 aromatic rings. The highest BCUT2D eigenvalue weighted by Gasteiger charge is 2.08. The smallest absolute Gasteiger partial charge is 0.271 e. The summed E-state index contributed by atoms with van der Waals surface area (Å²) >= 11 is 6.72. The van der Waals surface area contributed by atoms with Crippen molar-refractivity contribution in [2.45, 2.75) is 0 Å². The lowest BCUT2D eigenvalue weighted by Crippen LogP contribution is -1.87. The summed E-state index contributed by atoms with van der Waals surface area (Å²) in [5, 5.41) is 1.97. The van der Waals surface area contributed by atoms with Crippen LogP contribution in [0.25, 0.3) is 10.6 Å². The highest BCUT2D eigenvalue weighted by molar-refractivity contribution is 7.13. The van der Waals surface area contributed by atoms with E-state index in [-0.39, 0.29) is 0 Å². The highest BCUT2D eigenvalue weighted by Crippen LogP contribution is 2.23. The molecule has 1 aromatic heterocycles. The van der Waals surface area contributed by atoms with Gasteiger partial charge in [0.2, 0.25) is 0 Å². The Morgan fingerprint density at radius 3 is 2.57 bits per heavy atom. The SMILES string of the molecule is O=C(Cl)c1csc(-c2ccccc2)n1. The predicted octanol–water partition coefficient (Wildman–Crippen LogP) is 3.19. The van der Waals surface area contributed by atoms with Gasteiger partial charge < -0.3 is 0 Å². The van der Waals surface area contributed by atoms with Gasteiger partial charge in [0, 0.05) is 10.9 Å². The zero-order valence-electron chi connectivity index (χ0n) is 7.11. The van der Waals surface area contributed by atoms with Gasteiger partial charge in [-0.25, -0.2) is 4.98 Å². The lowest BCUT2D eigenvalue weighted by atomic mass is 10.2. The molecule has 0 spiro atoms. The van der Waals surface area contributed by atoms with E-state index >= 15 is 0 Å². The van der Waals surface area contributed by atoms with Crippen LogP contribution in [0.15, 0.2) is 35.7 Å². The Morgan fingerprint density at radius 2 is 2.00 bits per heavy atom. The van der Waals surface area contributed by atoms with Gasteiger partial charge in [-0.3, -0.25) is 4.79 Å². The van der Waals surface area contributed by atoms with Gasteiger partial charge in [-0.1, -0.05) is 30.3 Å². The van der Waals surface area contributed by atoms with Crippen LogP contribution < -0.4 is 0 Å². The van der Waals surface area contributed by atoms with Crippen LogP contribution in [0.2, 0.25) is 0 Å². The van der Waals surface area contributed by atoms with Crippen LogP contribution in [0.5, 0.6) is 0 Å². The summed E-state index contributed by atoms with van der Waals surface area (Å²) in [7, 11) is 0. The number of hydrogen-bond acceptors (Lipinski definition) is 3. The molecule has 0 saturated carbocycles. The molecule has 1 aromatic carbocycles. The Labute approximate surface area is 90.2 Å². The van der Waals surface area contributed by atoms with Crippen molar-refractivity contribution < 1.29 is 4.79 Å². The second-order valence-corrected chi connectivity index (χ2v) is 3.88. The maximum atomic E-state index is 10.8. The molecule has 0 atom stereocenters. The van der Waals surface area contributed by atoms with E-state index < -0.39 is 5.24 Å². The molecule has 1 heterocycles. The van der Waals surface area contributed by atoms with E-state index in [1.807, 2.05) is 30.3 Å². The molecule has 0 radical (unpaired) electrons. The molecule has 0 N–H and O–H groups in total. The van der Waals surface area contributed by atoms with E-state index in [4.69, 9.17) is 11.6 Å². The Balaban J connectivity index is 2.39. The van der Waals surface area contributed by atoms with Crippen molar-refractivity contribution in [1.82, 2.24) is 4.98 Å². The van der Waals surface area contributed by atoms with E-state index in [0.29, 0.717) is 5.69 Å². The van der Waals surface area contributed by atoms with Gasteiger partial charge in [0.1, 0.15) is 10.7 Å². The van der Waals surface area contributed by atoms with Crippen molar-refractivity contribution in [3.8, 4) is 10.6 Å². The fourth-order valence-electron chi connectivity index (χ4n) is 1.08. The topological polar surface area (TPSA) is 30.0 Å². The zero-order chi connectivity index (χ0) is 9.97. The van der Waals surface area contributed by atoms with E-state index in [2.05, 4.69) is 4.98 Å². The second-order valence-electron chi connectivity index (χ2n) is 2.68. The summed E-state index contributed by atoms with van der Waals surface area (Å²) in [5.74, 6) is 0. The third-order valence-electron chi connectivity index (χ3n) is 1.73. The van der Waals surface area contributed by atoms with Crippen molar-refractivity contribution in [2.24, 2.45) is 0 Å². The molecule has 0 bridgehead atoms. The van der Waals surface area contributed by atoms with Crippen molar-refractivity contribution >= 4 is 28.2 Å². The molecule has 0 fully saturated rings. The normalized spacial score (nSPS) is 10.1. The minimum Gasteiger partial charge on any atom is -0.274 e. The first-order valence-corrected chi connectivity index (χ1v) is 5.24.